The lowest BCUT2D eigenvalue weighted by Crippen LogP contribution is -2.35. The molecule has 1 aromatic heterocycles. The fourth-order valence-corrected chi connectivity index (χ4v) is 1.99. The van der Waals surface area contributed by atoms with Crippen LogP contribution in [0.25, 0.3) is 0 Å². The SMILES string of the molecule is CCOc1cncc(C(C)(N)c2ccccc2F)c1. The zero-order valence-corrected chi connectivity index (χ0v) is 11.1. The van der Waals surface area contributed by atoms with Gasteiger partial charge < -0.3 is 10.5 Å². The van der Waals surface area contributed by atoms with Gasteiger partial charge in [0.15, 0.2) is 0 Å². The number of hydrogen-bond acceptors (Lipinski definition) is 3. The van der Waals surface area contributed by atoms with E-state index in [0.717, 1.165) is 0 Å². The first-order valence-corrected chi connectivity index (χ1v) is 6.18. The smallest absolute Gasteiger partial charge is 0.137 e. The predicted molar refractivity (Wildman–Crippen MR) is 72.4 cm³/mol. The summed E-state index contributed by atoms with van der Waals surface area (Å²) in [5.41, 5.74) is 6.48. The molecule has 1 heterocycles. The molecule has 3 nitrogen and oxygen atoms in total. The van der Waals surface area contributed by atoms with Crippen molar-refractivity contribution in [3.8, 4) is 5.75 Å². The maximum absolute atomic E-state index is 13.9. The van der Waals surface area contributed by atoms with Gasteiger partial charge in [-0.1, -0.05) is 18.2 Å². The van der Waals surface area contributed by atoms with Gasteiger partial charge in [-0.2, -0.15) is 0 Å². The molecule has 4 heteroatoms. The Balaban J connectivity index is 2.44. The highest BCUT2D eigenvalue weighted by Gasteiger charge is 2.27. The van der Waals surface area contributed by atoms with E-state index in [2.05, 4.69) is 4.98 Å². The molecule has 0 bridgehead atoms. The molecule has 2 rings (SSSR count). The third-order valence-corrected chi connectivity index (χ3v) is 3.06. The first kappa shape index (κ1) is 13.5. The first-order valence-electron chi connectivity index (χ1n) is 6.18. The molecule has 0 aliphatic carbocycles. The van der Waals surface area contributed by atoms with E-state index in [4.69, 9.17) is 10.5 Å². The summed E-state index contributed by atoms with van der Waals surface area (Å²) in [6, 6.07) is 8.29. The van der Waals surface area contributed by atoms with Crippen LogP contribution in [0.4, 0.5) is 4.39 Å². The van der Waals surface area contributed by atoms with E-state index in [1.165, 1.54) is 6.07 Å². The minimum absolute atomic E-state index is 0.325. The summed E-state index contributed by atoms with van der Waals surface area (Å²) in [5.74, 6) is 0.308. The number of aromatic nitrogens is 1. The molecule has 1 unspecified atom stereocenters. The van der Waals surface area contributed by atoms with Crippen LogP contribution >= 0.6 is 0 Å². The van der Waals surface area contributed by atoms with Crippen molar-refractivity contribution < 1.29 is 9.13 Å². The number of ether oxygens (including phenoxy) is 1. The number of rotatable bonds is 4. The standard InChI is InChI=1S/C15H17FN2O/c1-3-19-12-8-11(9-18-10-12)15(2,17)13-6-4-5-7-14(13)16/h4-10H,3,17H2,1-2H3. The van der Waals surface area contributed by atoms with E-state index < -0.39 is 5.54 Å². The van der Waals surface area contributed by atoms with Gasteiger partial charge in [0, 0.05) is 11.8 Å². The molecule has 19 heavy (non-hydrogen) atoms. The van der Waals surface area contributed by atoms with Crippen molar-refractivity contribution in [3.63, 3.8) is 0 Å². The molecule has 1 aromatic carbocycles. The largest absolute Gasteiger partial charge is 0.492 e. The maximum atomic E-state index is 13.9. The number of nitrogens with two attached hydrogens (primary N) is 1. The van der Waals surface area contributed by atoms with Gasteiger partial charge in [0.1, 0.15) is 11.6 Å². The predicted octanol–water partition coefficient (Wildman–Crippen LogP) is 2.84. The van der Waals surface area contributed by atoms with Gasteiger partial charge in [0.2, 0.25) is 0 Å². The van der Waals surface area contributed by atoms with E-state index in [9.17, 15) is 4.39 Å². The average Bonchev–Trinajstić information content (AvgIpc) is 2.40. The highest BCUT2D eigenvalue weighted by atomic mass is 19.1. The maximum Gasteiger partial charge on any atom is 0.137 e. The van der Waals surface area contributed by atoms with Crippen LogP contribution in [0.3, 0.4) is 0 Å². The molecule has 0 spiro atoms. The molecule has 100 valence electrons. The Bertz CT molecular complexity index is 570. The van der Waals surface area contributed by atoms with Gasteiger partial charge in [-0.15, -0.1) is 0 Å². The van der Waals surface area contributed by atoms with Gasteiger partial charge in [-0.25, -0.2) is 4.39 Å². The van der Waals surface area contributed by atoms with Crippen LogP contribution < -0.4 is 10.5 Å². The average molecular weight is 260 g/mol. The molecule has 0 saturated heterocycles. The summed E-state index contributed by atoms with van der Waals surface area (Å²) >= 11 is 0. The lowest BCUT2D eigenvalue weighted by Gasteiger charge is -2.26. The number of benzene rings is 1. The molecule has 0 aliphatic heterocycles. The highest BCUT2D eigenvalue weighted by molar-refractivity contribution is 5.39. The van der Waals surface area contributed by atoms with Crippen LogP contribution in [0.2, 0.25) is 0 Å². The normalized spacial score (nSPS) is 13.9. The molecule has 2 N–H and O–H groups in total. The van der Waals surface area contributed by atoms with Crippen molar-refractivity contribution in [1.82, 2.24) is 4.98 Å². The Hall–Kier alpha value is -1.94. The molecular weight excluding hydrogens is 243 g/mol. The van der Waals surface area contributed by atoms with E-state index in [1.54, 1.807) is 43.6 Å². The van der Waals surface area contributed by atoms with Crippen molar-refractivity contribution in [3.05, 3.63) is 59.7 Å². The molecule has 2 aromatic rings. The Labute approximate surface area is 112 Å². The molecular formula is C15H17FN2O. The number of pyridine rings is 1. The van der Waals surface area contributed by atoms with Gasteiger partial charge >= 0.3 is 0 Å². The Morgan fingerprint density at radius 1 is 1.32 bits per heavy atom. The molecule has 0 amide bonds. The van der Waals surface area contributed by atoms with Gasteiger partial charge in [-0.05, 0) is 31.5 Å². The fraction of sp³-hybridized carbons (Fsp3) is 0.267. The summed E-state index contributed by atoms with van der Waals surface area (Å²) in [6.07, 6.45) is 3.25. The minimum Gasteiger partial charge on any atom is -0.492 e. The third-order valence-electron chi connectivity index (χ3n) is 3.06. The fourth-order valence-electron chi connectivity index (χ4n) is 1.99. The summed E-state index contributed by atoms with van der Waals surface area (Å²) in [5, 5.41) is 0. The lowest BCUT2D eigenvalue weighted by atomic mass is 9.86. The summed E-state index contributed by atoms with van der Waals surface area (Å²) < 4.78 is 19.3. The minimum atomic E-state index is -0.953. The van der Waals surface area contributed by atoms with E-state index in [-0.39, 0.29) is 5.82 Å². The number of hydrogen-bond donors (Lipinski definition) is 1. The summed E-state index contributed by atoms with van der Waals surface area (Å²) in [4.78, 5) is 4.10. The van der Waals surface area contributed by atoms with Crippen LogP contribution in [0.5, 0.6) is 5.75 Å². The van der Waals surface area contributed by atoms with Crippen LogP contribution in [-0.4, -0.2) is 11.6 Å². The Morgan fingerprint density at radius 2 is 2.05 bits per heavy atom. The second kappa shape index (κ2) is 5.36. The first-order chi connectivity index (χ1) is 9.05. The quantitative estimate of drug-likeness (QED) is 0.919. The van der Waals surface area contributed by atoms with Crippen molar-refractivity contribution in [2.75, 3.05) is 6.61 Å². The van der Waals surface area contributed by atoms with Crippen LogP contribution in [0, 0.1) is 5.82 Å². The lowest BCUT2D eigenvalue weighted by molar-refractivity contribution is 0.337. The number of nitrogens with zero attached hydrogens (tertiary/aromatic N) is 1. The van der Waals surface area contributed by atoms with Crippen LogP contribution in [0.1, 0.15) is 25.0 Å². The Morgan fingerprint density at radius 3 is 2.74 bits per heavy atom. The zero-order valence-electron chi connectivity index (χ0n) is 11.1. The molecule has 0 aliphatic rings. The molecule has 1 atom stereocenters. The van der Waals surface area contributed by atoms with Crippen molar-refractivity contribution in [2.24, 2.45) is 5.73 Å². The third kappa shape index (κ3) is 2.74. The molecule has 0 fully saturated rings. The topological polar surface area (TPSA) is 48.1 Å². The van der Waals surface area contributed by atoms with E-state index >= 15 is 0 Å². The van der Waals surface area contributed by atoms with Crippen molar-refractivity contribution >= 4 is 0 Å². The monoisotopic (exact) mass is 260 g/mol. The zero-order chi connectivity index (χ0) is 13.9. The molecule has 0 saturated carbocycles. The second-order valence-electron chi connectivity index (χ2n) is 4.52. The van der Waals surface area contributed by atoms with Gasteiger partial charge in [-0.3, -0.25) is 4.98 Å². The van der Waals surface area contributed by atoms with Crippen molar-refractivity contribution in [1.29, 1.82) is 0 Å². The Kier molecular flexibility index (Phi) is 3.81. The number of halogens is 1. The summed E-state index contributed by atoms with van der Waals surface area (Å²) in [7, 11) is 0. The van der Waals surface area contributed by atoms with E-state index in [1.807, 2.05) is 6.92 Å². The van der Waals surface area contributed by atoms with Gasteiger partial charge in [0.05, 0.1) is 18.3 Å². The second-order valence-corrected chi connectivity index (χ2v) is 4.52. The van der Waals surface area contributed by atoms with Crippen molar-refractivity contribution in [2.45, 2.75) is 19.4 Å². The van der Waals surface area contributed by atoms with E-state index in [0.29, 0.717) is 23.5 Å². The van der Waals surface area contributed by atoms with Crippen LogP contribution in [-0.2, 0) is 5.54 Å². The highest BCUT2D eigenvalue weighted by Crippen LogP contribution is 2.29. The van der Waals surface area contributed by atoms with Gasteiger partial charge in [0.25, 0.3) is 0 Å². The summed E-state index contributed by atoms with van der Waals surface area (Å²) in [6.45, 7) is 4.20. The molecule has 0 radical (unpaired) electrons. The van der Waals surface area contributed by atoms with Crippen LogP contribution in [0.15, 0.2) is 42.7 Å².